The van der Waals surface area contributed by atoms with Crippen LogP contribution in [-0.4, -0.2) is 30.8 Å². The Bertz CT molecular complexity index is 1080. The molecule has 0 N–H and O–H groups in total. The van der Waals surface area contributed by atoms with Crippen LogP contribution in [0.15, 0.2) is 44.4 Å². The molecule has 6 nitrogen and oxygen atoms in total. The predicted octanol–water partition coefficient (Wildman–Crippen LogP) is 3.72. The number of carbonyl (C=O) groups excluding carboxylic acids is 1. The van der Waals surface area contributed by atoms with Crippen LogP contribution < -0.4 is 0 Å². The number of thiophene rings is 1. The standard InChI is InChI=1S/C19H20N2O4S2/c1-12-14(3)20-25-19(12)17-7-5-6-15(13(17)2)10-18(22)21(4)27(23,24)16-8-9-26-11-16/h5-9,11H,10H2,1-4H3. The van der Waals surface area contributed by atoms with Crippen LogP contribution in [0.3, 0.4) is 0 Å². The average molecular weight is 405 g/mol. The van der Waals surface area contributed by atoms with E-state index in [-0.39, 0.29) is 11.3 Å². The number of rotatable bonds is 5. The Morgan fingerprint density at radius 2 is 1.93 bits per heavy atom. The molecule has 0 saturated carbocycles. The highest BCUT2D eigenvalue weighted by atomic mass is 32.2. The van der Waals surface area contributed by atoms with Crippen LogP contribution in [0.1, 0.15) is 22.4 Å². The molecule has 1 amide bonds. The highest BCUT2D eigenvalue weighted by Crippen LogP contribution is 2.30. The molecule has 0 aliphatic heterocycles. The quantitative estimate of drug-likeness (QED) is 0.647. The third-order valence-electron chi connectivity index (χ3n) is 4.69. The number of amides is 1. The van der Waals surface area contributed by atoms with Crippen molar-refractivity contribution in [3.05, 3.63) is 57.4 Å². The van der Waals surface area contributed by atoms with Crippen molar-refractivity contribution < 1.29 is 17.7 Å². The first-order valence-electron chi connectivity index (χ1n) is 8.29. The molecular weight excluding hydrogens is 384 g/mol. The van der Waals surface area contributed by atoms with Gasteiger partial charge in [0.25, 0.3) is 10.0 Å². The zero-order valence-electron chi connectivity index (χ0n) is 15.5. The summed E-state index contributed by atoms with van der Waals surface area (Å²) < 4.78 is 31.3. The number of hydrogen-bond acceptors (Lipinski definition) is 6. The lowest BCUT2D eigenvalue weighted by Crippen LogP contribution is -2.34. The second-order valence-electron chi connectivity index (χ2n) is 6.31. The lowest BCUT2D eigenvalue weighted by Gasteiger charge is -2.18. The molecule has 0 bridgehead atoms. The molecule has 0 unspecified atom stereocenters. The highest BCUT2D eigenvalue weighted by molar-refractivity contribution is 7.89. The monoisotopic (exact) mass is 404 g/mol. The van der Waals surface area contributed by atoms with E-state index in [9.17, 15) is 13.2 Å². The molecule has 3 aromatic rings. The number of aryl methyl sites for hydroxylation is 1. The number of likely N-dealkylation sites (N-methyl/N-ethyl adjacent to an activating group) is 1. The minimum Gasteiger partial charge on any atom is -0.356 e. The van der Waals surface area contributed by atoms with Crippen LogP contribution in [0, 0.1) is 20.8 Å². The van der Waals surface area contributed by atoms with Gasteiger partial charge in [0.1, 0.15) is 0 Å². The zero-order chi connectivity index (χ0) is 19.8. The summed E-state index contributed by atoms with van der Waals surface area (Å²) in [6, 6.07) is 7.04. The molecule has 2 aromatic heterocycles. The molecule has 8 heteroatoms. The van der Waals surface area contributed by atoms with Crippen LogP contribution >= 0.6 is 11.3 Å². The second-order valence-corrected chi connectivity index (χ2v) is 9.06. The normalized spacial score (nSPS) is 11.6. The van der Waals surface area contributed by atoms with E-state index >= 15 is 0 Å². The Kier molecular flexibility index (Phi) is 5.21. The Balaban J connectivity index is 1.89. The zero-order valence-corrected chi connectivity index (χ0v) is 17.1. The van der Waals surface area contributed by atoms with Crippen molar-refractivity contribution >= 4 is 27.3 Å². The summed E-state index contributed by atoms with van der Waals surface area (Å²) in [5.41, 5.74) is 4.22. The van der Waals surface area contributed by atoms with Gasteiger partial charge in [0.2, 0.25) is 5.91 Å². The van der Waals surface area contributed by atoms with E-state index in [1.165, 1.54) is 29.8 Å². The van der Waals surface area contributed by atoms with E-state index in [1.807, 2.05) is 39.0 Å². The first kappa shape index (κ1) is 19.3. The molecule has 142 valence electrons. The van der Waals surface area contributed by atoms with Crippen LogP contribution in [0.25, 0.3) is 11.3 Å². The Hall–Kier alpha value is -2.45. The lowest BCUT2D eigenvalue weighted by atomic mass is 9.96. The molecule has 0 spiro atoms. The van der Waals surface area contributed by atoms with Gasteiger partial charge in [-0.3, -0.25) is 4.79 Å². The van der Waals surface area contributed by atoms with Gasteiger partial charge in [0.15, 0.2) is 5.76 Å². The van der Waals surface area contributed by atoms with E-state index in [0.29, 0.717) is 5.76 Å². The first-order chi connectivity index (χ1) is 12.7. The maximum Gasteiger partial charge on any atom is 0.267 e. The molecule has 0 radical (unpaired) electrons. The van der Waals surface area contributed by atoms with Gasteiger partial charge >= 0.3 is 0 Å². The third kappa shape index (κ3) is 3.54. The summed E-state index contributed by atoms with van der Waals surface area (Å²) in [7, 11) is -2.54. The Labute approximate surface area is 162 Å². The SMILES string of the molecule is Cc1noc(-c2cccc(CC(=O)N(C)S(=O)(=O)c3ccsc3)c2C)c1C. The van der Waals surface area contributed by atoms with Gasteiger partial charge in [-0.1, -0.05) is 23.4 Å². The molecule has 0 atom stereocenters. The lowest BCUT2D eigenvalue weighted by molar-refractivity contribution is -0.124. The van der Waals surface area contributed by atoms with E-state index in [2.05, 4.69) is 5.16 Å². The van der Waals surface area contributed by atoms with Crippen molar-refractivity contribution in [1.29, 1.82) is 0 Å². The summed E-state index contributed by atoms with van der Waals surface area (Å²) in [4.78, 5) is 12.8. The molecule has 1 aromatic carbocycles. The fourth-order valence-electron chi connectivity index (χ4n) is 2.75. The van der Waals surface area contributed by atoms with Gasteiger partial charge in [-0.25, -0.2) is 12.7 Å². The van der Waals surface area contributed by atoms with E-state index < -0.39 is 15.9 Å². The van der Waals surface area contributed by atoms with Crippen molar-refractivity contribution in [2.45, 2.75) is 32.1 Å². The molecule has 27 heavy (non-hydrogen) atoms. The number of hydrogen-bond donors (Lipinski definition) is 0. The van der Waals surface area contributed by atoms with Crippen molar-refractivity contribution in [2.75, 3.05) is 7.05 Å². The maximum absolute atomic E-state index is 12.6. The van der Waals surface area contributed by atoms with Gasteiger partial charge < -0.3 is 4.52 Å². The summed E-state index contributed by atoms with van der Waals surface area (Å²) in [6.45, 7) is 5.69. The topological polar surface area (TPSA) is 80.5 Å². The molecule has 0 aliphatic carbocycles. The number of nitrogens with zero attached hydrogens (tertiary/aromatic N) is 2. The summed E-state index contributed by atoms with van der Waals surface area (Å²) >= 11 is 1.27. The van der Waals surface area contributed by atoms with Crippen LogP contribution in [0.5, 0.6) is 0 Å². The summed E-state index contributed by atoms with van der Waals surface area (Å²) in [5.74, 6) is 0.172. The summed E-state index contributed by atoms with van der Waals surface area (Å²) in [5, 5.41) is 7.17. The molecule has 3 rings (SSSR count). The number of sulfonamides is 1. The molecular formula is C19H20N2O4S2. The minimum absolute atomic E-state index is 0.0221. The van der Waals surface area contributed by atoms with E-state index in [4.69, 9.17) is 4.52 Å². The Morgan fingerprint density at radius 1 is 1.19 bits per heavy atom. The van der Waals surface area contributed by atoms with Crippen molar-refractivity contribution in [3.8, 4) is 11.3 Å². The maximum atomic E-state index is 12.6. The first-order valence-corrected chi connectivity index (χ1v) is 10.7. The second kappa shape index (κ2) is 7.28. The number of carbonyl (C=O) groups is 1. The molecule has 0 saturated heterocycles. The smallest absolute Gasteiger partial charge is 0.267 e. The fraction of sp³-hybridized carbons (Fsp3) is 0.263. The van der Waals surface area contributed by atoms with Gasteiger partial charge in [-0.2, -0.15) is 11.3 Å². The van der Waals surface area contributed by atoms with E-state index in [0.717, 1.165) is 32.3 Å². The Morgan fingerprint density at radius 3 is 2.52 bits per heavy atom. The minimum atomic E-state index is -3.83. The molecule has 0 aliphatic rings. The molecule has 0 fully saturated rings. The number of aromatic nitrogens is 1. The average Bonchev–Trinajstić information content (AvgIpc) is 3.28. The van der Waals surface area contributed by atoms with Crippen LogP contribution in [0.4, 0.5) is 0 Å². The van der Waals surface area contributed by atoms with E-state index in [1.54, 1.807) is 5.38 Å². The van der Waals surface area contributed by atoms with Crippen molar-refractivity contribution in [3.63, 3.8) is 0 Å². The number of benzene rings is 1. The van der Waals surface area contributed by atoms with Crippen molar-refractivity contribution in [1.82, 2.24) is 9.46 Å². The largest absolute Gasteiger partial charge is 0.356 e. The van der Waals surface area contributed by atoms with Gasteiger partial charge in [-0.05, 0) is 43.3 Å². The van der Waals surface area contributed by atoms with Gasteiger partial charge in [0, 0.05) is 23.6 Å². The predicted molar refractivity (Wildman–Crippen MR) is 104 cm³/mol. The van der Waals surface area contributed by atoms with Gasteiger partial charge in [0.05, 0.1) is 17.0 Å². The fourth-order valence-corrected chi connectivity index (χ4v) is 4.90. The van der Waals surface area contributed by atoms with Crippen molar-refractivity contribution in [2.24, 2.45) is 0 Å². The van der Waals surface area contributed by atoms with Gasteiger partial charge in [-0.15, -0.1) is 0 Å². The highest BCUT2D eigenvalue weighted by Gasteiger charge is 2.26. The third-order valence-corrected chi connectivity index (χ3v) is 7.30. The van der Waals surface area contributed by atoms with Crippen LogP contribution in [0.2, 0.25) is 0 Å². The molecule has 2 heterocycles. The summed E-state index contributed by atoms with van der Waals surface area (Å²) in [6.07, 6.45) is -0.0221. The van der Waals surface area contributed by atoms with Crippen LogP contribution in [-0.2, 0) is 21.2 Å².